The summed E-state index contributed by atoms with van der Waals surface area (Å²) in [7, 11) is 0. The van der Waals surface area contributed by atoms with Crippen LogP contribution in [0.4, 0.5) is 5.95 Å². The van der Waals surface area contributed by atoms with Crippen molar-refractivity contribution in [2.45, 2.75) is 33.2 Å². The number of aromatic nitrogens is 3. The van der Waals surface area contributed by atoms with Crippen LogP contribution in [0.5, 0.6) is 0 Å². The van der Waals surface area contributed by atoms with Crippen LogP contribution >= 0.6 is 0 Å². The lowest BCUT2D eigenvalue weighted by Crippen LogP contribution is -2.50. The third-order valence-electron chi connectivity index (χ3n) is 6.37. The molecule has 1 atom stereocenters. The lowest BCUT2D eigenvalue weighted by Gasteiger charge is -2.22. The van der Waals surface area contributed by atoms with E-state index in [-0.39, 0.29) is 23.0 Å². The molecule has 0 unspecified atom stereocenters. The van der Waals surface area contributed by atoms with Crippen molar-refractivity contribution in [3.05, 3.63) is 88.9 Å². The number of aliphatic imine (C=N–C) groups is 1. The van der Waals surface area contributed by atoms with Crippen LogP contribution in [0, 0.1) is 13.8 Å². The largest absolute Gasteiger partial charge is 0.361 e. The van der Waals surface area contributed by atoms with Gasteiger partial charge in [0.15, 0.2) is 0 Å². The highest BCUT2D eigenvalue weighted by atomic mass is 16.2. The summed E-state index contributed by atoms with van der Waals surface area (Å²) in [6.45, 7) is 5.55. The van der Waals surface area contributed by atoms with Crippen molar-refractivity contribution in [2.24, 2.45) is 4.99 Å². The number of hydrogen-bond donors (Lipinski definition) is 3. The van der Waals surface area contributed by atoms with Crippen molar-refractivity contribution in [1.29, 1.82) is 0 Å². The van der Waals surface area contributed by atoms with Crippen LogP contribution in [0.25, 0.3) is 10.9 Å². The van der Waals surface area contributed by atoms with Crippen LogP contribution in [0.3, 0.4) is 0 Å². The number of nitrogens with zero attached hydrogens (tertiary/aromatic N) is 4. The van der Waals surface area contributed by atoms with Crippen LogP contribution in [0.15, 0.2) is 65.8 Å². The summed E-state index contributed by atoms with van der Waals surface area (Å²) in [5.41, 5.74) is 4.21. The maximum atomic E-state index is 13.2. The molecule has 4 aromatic rings. The van der Waals surface area contributed by atoms with Gasteiger partial charge in [0, 0.05) is 35.0 Å². The number of H-pyrrole nitrogens is 1. The lowest BCUT2D eigenvalue weighted by molar-refractivity contribution is -0.123. The molecule has 0 saturated carbocycles. The number of para-hydroxylation sites is 1. The molecule has 0 aliphatic carbocycles. The Morgan fingerprint density at radius 3 is 2.32 bits per heavy atom. The Hall–Kier alpha value is -4.86. The molecule has 3 heterocycles. The van der Waals surface area contributed by atoms with Gasteiger partial charge in [-0.15, -0.1) is 0 Å². The van der Waals surface area contributed by atoms with Gasteiger partial charge >= 0.3 is 0 Å². The lowest BCUT2D eigenvalue weighted by atomic mass is 10.1. The zero-order valence-electron chi connectivity index (χ0n) is 21.3. The van der Waals surface area contributed by atoms with Crippen LogP contribution in [0.1, 0.15) is 44.6 Å². The first-order chi connectivity index (χ1) is 18.3. The Balaban J connectivity index is 1.35. The third kappa shape index (κ3) is 4.88. The molecular weight excluding hydrogens is 482 g/mol. The van der Waals surface area contributed by atoms with Gasteiger partial charge in [0.25, 0.3) is 11.8 Å². The minimum absolute atomic E-state index is 0.128. The van der Waals surface area contributed by atoms with Gasteiger partial charge in [0.05, 0.1) is 11.1 Å². The molecule has 0 radical (unpaired) electrons. The number of benzene rings is 2. The number of aromatic amines is 1. The maximum absolute atomic E-state index is 13.2. The normalized spacial score (nSPS) is 14.1. The van der Waals surface area contributed by atoms with E-state index >= 15 is 0 Å². The van der Waals surface area contributed by atoms with E-state index in [1.165, 1.54) is 6.92 Å². The van der Waals surface area contributed by atoms with E-state index in [0.29, 0.717) is 13.0 Å². The highest BCUT2D eigenvalue weighted by Crippen LogP contribution is 2.24. The minimum Gasteiger partial charge on any atom is -0.361 e. The highest BCUT2D eigenvalue weighted by molar-refractivity contribution is 6.23. The van der Waals surface area contributed by atoms with Gasteiger partial charge in [-0.1, -0.05) is 30.3 Å². The highest BCUT2D eigenvalue weighted by Gasteiger charge is 2.40. The van der Waals surface area contributed by atoms with Crippen LogP contribution in [-0.4, -0.2) is 56.1 Å². The van der Waals surface area contributed by atoms with E-state index < -0.39 is 23.8 Å². The number of hydrogen-bond acceptors (Lipinski definition) is 6. The van der Waals surface area contributed by atoms with E-state index in [2.05, 4.69) is 30.6 Å². The summed E-state index contributed by atoms with van der Waals surface area (Å²) >= 11 is 0. The van der Waals surface area contributed by atoms with Gasteiger partial charge in [-0.3, -0.25) is 34.9 Å². The number of amides is 3. The SMILES string of the molecule is Cc1cc(C)nc(NC(=NCCc2c[nH]c3ccccc23)NC(=O)[C@@H](C)N2C(=O)c3ccccc3C2=O)n1. The van der Waals surface area contributed by atoms with Crippen LogP contribution in [0.2, 0.25) is 0 Å². The van der Waals surface area contributed by atoms with E-state index in [1.807, 2.05) is 50.4 Å². The summed E-state index contributed by atoms with van der Waals surface area (Å²) in [6, 6.07) is 15.3. The molecule has 10 heteroatoms. The summed E-state index contributed by atoms with van der Waals surface area (Å²) in [6.07, 6.45) is 2.57. The van der Waals surface area contributed by atoms with E-state index in [4.69, 9.17) is 0 Å². The van der Waals surface area contributed by atoms with Gasteiger partial charge in [-0.05, 0) is 57.0 Å². The molecule has 0 saturated heterocycles. The molecule has 192 valence electrons. The fourth-order valence-corrected chi connectivity index (χ4v) is 4.52. The Bertz CT molecular complexity index is 1540. The number of nitrogens with one attached hydrogen (secondary N) is 3. The monoisotopic (exact) mass is 509 g/mol. The zero-order valence-corrected chi connectivity index (χ0v) is 21.3. The molecule has 3 amide bonds. The third-order valence-corrected chi connectivity index (χ3v) is 6.37. The molecule has 0 fully saturated rings. The fourth-order valence-electron chi connectivity index (χ4n) is 4.52. The van der Waals surface area contributed by atoms with Gasteiger partial charge < -0.3 is 4.98 Å². The molecule has 2 aromatic carbocycles. The molecule has 3 N–H and O–H groups in total. The Labute approximate surface area is 219 Å². The van der Waals surface area contributed by atoms with Crippen molar-refractivity contribution in [3.8, 4) is 0 Å². The standard InChI is InChI=1S/C28H27N7O3/c1-16-14-17(2)32-28(31-16)34-27(29-13-12-19-15-30-23-11-7-6-8-20(19)23)33-24(36)18(3)35-25(37)21-9-4-5-10-22(21)26(35)38/h4-11,14-15,18,30H,12-13H2,1-3H3,(H2,29,31,32,33,34,36)/t18-/m1/s1. The topological polar surface area (TPSA) is 132 Å². The Morgan fingerprint density at radius 1 is 1.00 bits per heavy atom. The number of guanidine groups is 1. The predicted molar refractivity (Wildman–Crippen MR) is 144 cm³/mol. The van der Waals surface area contributed by atoms with Crippen molar-refractivity contribution >= 4 is 40.5 Å². The molecule has 0 spiro atoms. The van der Waals surface area contributed by atoms with E-state index in [9.17, 15) is 14.4 Å². The Kier molecular flexibility index (Phi) is 6.69. The molecule has 2 aromatic heterocycles. The number of carbonyl (C=O) groups excluding carboxylic acids is 3. The molecule has 5 rings (SSSR count). The zero-order chi connectivity index (χ0) is 26.8. The Morgan fingerprint density at radius 2 is 1.63 bits per heavy atom. The van der Waals surface area contributed by atoms with Crippen molar-refractivity contribution < 1.29 is 14.4 Å². The number of carbonyl (C=O) groups is 3. The molecule has 1 aliphatic rings. The number of rotatable bonds is 6. The van der Waals surface area contributed by atoms with Crippen molar-refractivity contribution in [2.75, 3.05) is 11.9 Å². The molecule has 10 nitrogen and oxygen atoms in total. The molecule has 1 aliphatic heterocycles. The summed E-state index contributed by atoms with van der Waals surface area (Å²) in [5.74, 6) is -1.17. The van der Waals surface area contributed by atoms with Gasteiger partial charge in [0.1, 0.15) is 6.04 Å². The van der Waals surface area contributed by atoms with E-state index in [0.717, 1.165) is 32.8 Å². The number of fused-ring (bicyclic) bond motifs is 2. The van der Waals surface area contributed by atoms with Crippen molar-refractivity contribution in [1.82, 2.24) is 25.2 Å². The van der Waals surface area contributed by atoms with Crippen LogP contribution < -0.4 is 10.6 Å². The van der Waals surface area contributed by atoms with Gasteiger partial charge in [0.2, 0.25) is 17.8 Å². The smallest absolute Gasteiger partial charge is 0.262 e. The molecular formula is C28H27N7O3. The van der Waals surface area contributed by atoms with Gasteiger partial charge in [-0.2, -0.15) is 0 Å². The second-order valence-electron chi connectivity index (χ2n) is 9.13. The van der Waals surface area contributed by atoms with E-state index in [1.54, 1.807) is 24.3 Å². The quantitative estimate of drug-likeness (QED) is 0.207. The average molecular weight is 510 g/mol. The first-order valence-corrected chi connectivity index (χ1v) is 12.3. The number of anilines is 1. The first-order valence-electron chi connectivity index (χ1n) is 12.3. The minimum atomic E-state index is -1.07. The summed E-state index contributed by atoms with van der Waals surface area (Å²) in [4.78, 5) is 56.5. The van der Waals surface area contributed by atoms with Crippen molar-refractivity contribution in [3.63, 3.8) is 0 Å². The number of imide groups is 1. The first kappa shape index (κ1) is 24.8. The summed E-state index contributed by atoms with van der Waals surface area (Å²) in [5, 5.41) is 6.84. The van der Waals surface area contributed by atoms with Gasteiger partial charge in [-0.25, -0.2) is 9.97 Å². The molecule has 38 heavy (non-hydrogen) atoms. The number of aryl methyl sites for hydroxylation is 2. The second-order valence-corrected chi connectivity index (χ2v) is 9.13. The fraction of sp³-hybridized carbons (Fsp3) is 0.214. The summed E-state index contributed by atoms with van der Waals surface area (Å²) < 4.78 is 0. The molecule has 0 bridgehead atoms. The van der Waals surface area contributed by atoms with Crippen LogP contribution in [-0.2, 0) is 11.2 Å². The maximum Gasteiger partial charge on any atom is 0.262 e. The average Bonchev–Trinajstić information content (AvgIpc) is 3.41. The second kappa shape index (κ2) is 10.3. The predicted octanol–water partition coefficient (Wildman–Crippen LogP) is 3.39.